The highest BCUT2D eigenvalue weighted by atomic mass is 32.3. The number of hydrogen-bond acceptors (Lipinski definition) is 7. The molecule has 0 rings (SSSR count). The second-order valence-corrected chi connectivity index (χ2v) is 6.58. The maximum atomic E-state index is 9.44. The summed E-state index contributed by atoms with van der Waals surface area (Å²) in [6, 6.07) is 0. The van der Waals surface area contributed by atoms with Gasteiger partial charge in [0.1, 0.15) is 0 Å². The zero-order valence-corrected chi connectivity index (χ0v) is 13.6. The zero-order chi connectivity index (χ0) is 16.8. The molecule has 6 N–H and O–H groups in total. The molecular weight excluding hydrogens is 324 g/mol. The first-order valence-electron chi connectivity index (χ1n) is 6.68. The Morgan fingerprint density at radius 3 is 1.00 bits per heavy atom. The Hall–Kier alpha value is -0.300. The summed E-state index contributed by atoms with van der Waals surface area (Å²) in [7, 11) is -10.2. The minimum Gasteiger partial charge on any atom is -0.330 e. The highest BCUT2D eigenvalue weighted by Gasteiger charge is 2.15. The van der Waals surface area contributed by atoms with Gasteiger partial charge in [-0.1, -0.05) is 38.5 Å². The van der Waals surface area contributed by atoms with Crippen LogP contribution in [0, 0.1) is 0 Å². The minimum absolute atomic E-state index is 0.854. The van der Waals surface area contributed by atoms with Crippen molar-refractivity contribution in [2.24, 2.45) is 11.5 Å². The van der Waals surface area contributed by atoms with Crippen LogP contribution in [0.5, 0.6) is 0 Å². The summed E-state index contributed by atoms with van der Waals surface area (Å²) in [5.74, 6) is 0. The molecule has 130 valence electrons. The molecule has 0 saturated heterocycles. The largest absolute Gasteiger partial charge is 0.413 e. The summed E-state index contributed by atoms with van der Waals surface area (Å²) in [5, 5.41) is 0. The summed E-state index contributed by atoms with van der Waals surface area (Å²) in [6.07, 6.45) is 10.5. The Labute approximate surface area is 126 Å². The van der Waals surface area contributed by atoms with Gasteiger partial charge in [0.2, 0.25) is 0 Å². The number of unbranched alkanes of at least 4 members (excludes halogenated alkanes) is 7. The third kappa shape index (κ3) is 28.6. The molecule has 0 aromatic rings. The van der Waals surface area contributed by atoms with E-state index in [1.807, 2.05) is 0 Å². The summed E-state index contributed by atoms with van der Waals surface area (Å²) < 4.78 is 55.6. The van der Waals surface area contributed by atoms with Crippen molar-refractivity contribution in [2.45, 2.75) is 51.4 Å². The van der Waals surface area contributed by atoms with Gasteiger partial charge in [0.05, 0.1) is 0 Å². The van der Waals surface area contributed by atoms with Crippen LogP contribution in [-0.4, -0.2) is 39.0 Å². The second kappa shape index (κ2) is 13.4. The van der Waals surface area contributed by atoms with Crippen molar-refractivity contribution in [1.29, 1.82) is 0 Å². The standard InChI is InChI=1S/C10H24N2.H2O7S2/c11-9-7-5-3-1-2-4-6-8-10-12;1-8(2,3)7-9(4,5)6/h1-12H2;(H,1,2,3)(H,4,5,6). The van der Waals surface area contributed by atoms with Gasteiger partial charge in [-0.15, -0.1) is 3.63 Å². The van der Waals surface area contributed by atoms with Crippen LogP contribution >= 0.6 is 0 Å². The Kier molecular flexibility index (Phi) is 14.6. The molecule has 0 aliphatic carbocycles. The molecule has 0 aromatic heterocycles. The third-order valence-corrected chi connectivity index (χ3v) is 3.71. The van der Waals surface area contributed by atoms with Crippen LogP contribution < -0.4 is 11.5 Å². The quantitative estimate of drug-likeness (QED) is 0.308. The van der Waals surface area contributed by atoms with Gasteiger partial charge in [-0.2, -0.15) is 16.8 Å². The molecule has 0 spiro atoms. The van der Waals surface area contributed by atoms with E-state index in [1.54, 1.807) is 0 Å². The molecule has 0 amide bonds. The van der Waals surface area contributed by atoms with Crippen LogP contribution in [0.25, 0.3) is 0 Å². The first-order valence-corrected chi connectivity index (χ1v) is 9.41. The molecule has 9 nitrogen and oxygen atoms in total. The second-order valence-electron chi connectivity index (χ2n) is 4.33. The third-order valence-electron chi connectivity index (χ3n) is 2.33. The molecule has 0 unspecified atom stereocenters. The van der Waals surface area contributed by atoms with Crippen molar-refractivity contribution in [3.8, 4) is 0 Å². The summed E-state index contributed by atoms with van der Waals surface area (Å²) in [6.45, 7) is 1.71. The number of nitrogens with two attached hydrogens (primary N) is 2. The molecule has 11 heteroatoms. The monoisotopic (exact) mass is 350 g/mol. The molecule has 0 aliphatic rings. The van der Waals surface area contributed by atoms with E-state index < -0.39 is 20.8 Å². The van der Waals surface area contributed by atoms with E-state index in [0.717, 1.165) is 13.1 Å². The highest BCUT2D eigenvalue weighted by molar-refractivity contribution is 7.94. The molecule has 0 saturated carbocycles. The molecular formula is C10H26N2O7S2. The maximum Gasteiger partial charge on any atom is 0.413 e. The summed E-state index contributed by atoms with van der Waals surface area (Å²) >= 11 is 0. The van der Waals surface area contributed by atoms with Crippen LogP contribution in [0.1, 0.15) is 51.4 Å². The zero-order valence-electron chi connectivity index (χ0n) is 12.0. The Bertz CT molecular complexity index is 383. The molecule has 0 heterocycles. The van der Waals surface area contributed by atoms with E-state index in [9.17, 15) is 16.8 Å². The fraction of sp³-hybridized carbons (Fsp3) is 1.00. The van der Waals surface area contributed by atoms with Gasteiger partial charge in [-0.25, -0.2) is 0 Å². The molecule has 0 aliphatic heterocycles. The molecule has 0 radical (unpaired) electrons. The Morgan fingerprint density at radius 2 is 0.857 bits per heavy atom. The molecule has 0 bridgehead atoms. The predicted molar refractivity (Wildman–Crippen MR) is 79.2 cm³/mol. The molecule has 0 atom stereocenters. The Balaban J connectivity index is 0. The van der Waals surface area contributed by atoms with Crippen LogP contribution in [0.2, 0.25) is 0 Å². The lowest BCUT2D eigenvalue weighted by molar-refractivity contribution is 0.344. The van der Waals surface area contributed by atoms with Crippen molar-refractivity contribution in [1.82, 2.24) is 0 Å². The molecule has 0 aromatic carbocycles. The van der Waals surface area contributed by atoms with Crippen molar-refractivity contribution in [3.05, 3.63) is 0 Å². The molecule has 21 heavy (non-hydrogen) atoms. The average molecular weight is 350 g/mol. The van der Waals surface area contributed by atoms with Crippen molar-refractivity contribution >= 4 is 20.8 Å². The lowest BCUT2D eigenvalue weighted by atomic mass is 10.1. The fourth-order valence-electron chi connectivity index (χ4n) is 1.46. The summed E-state index contributed by atoms with van der Waals surface area (Å²) in [4.78, 5) is 0. The normalized spacial score (nSPS) is 11.8. The minimum atomic E-state index is -5.12. The van der Waals surface area contributed by atoms with Gasteiger partial charge >= 0.3 is 20.8 Å². The van der Waals surface area contributed by atoms with Crippen LogP contribution in [-0.2, 0) is 24.4 Å². The van der Waals surface area contributed by atoms with E-state index in [2.05, 4.69) is 3.63 Å². The van der Waals surface area contributed by atoms with Gasteiger partial charge in [0.15, 0.2) is 0 Å². The van der Waals surface area contributed by atoms with Gasteiger partial charge in [0.25, 0.3) is 0 Å². The van der Waals surface area contributed by atoms with Gasteiger partial charge < -0.3 is 11.5 Å². The van der Waals surface area contributed by atoms with Crippen LogP contribution in [0.15, 0.2) is 0 Å². The number of rotatable bonds is 11. The van der Waals surface area contributed by atoms with E-state index in [0.29, 0.717) is 0 Å². The van der Waals surface area contributed by atoms with Gasteiger partial charge in [-0.3, -0.25) is 9.11 Å². The average Bonchev–Trinajstić information content (AvgIpc) is 2.29. The maximum absolute atomic E-state index is 9.44. The van der Waals surface area contributed by atoms with Gasteiger partial charge in [0, 0.05) is 0 Å². The van der Waals surface area contributed by atoms with Crippen molar-refractivity contribution in [2.75, 3.05) is 13.1 Å². The van der Waals surface area contributed by atoms with E-state index >= 15 is 0 Å². The van der Waals surface area contributed by atoms with Gasteiger partial charge in [-0.05, 0) is 25.9 Å². The van der Waals surface area contributed by atoms with Crippen LogP contribution in [0.4, 0.5) is 0 Å². The first-order chi connectivity index (χ1) is 9.62. The highest BCUT2D eigenvalue weighted by Crippen LogP contribution is 2.07. The first kappa shape index (κ1) is 23.0. The predicted octanol–water partition coefficient (Wildman–Crippen LogP) is 0.633. The lowest BCUT2D eigenvalue weighted by Gasteiger charge is -2.00. The van der Waals surface area contributed by atoms with E-state index in [-0.39, 0.29) is 0 Å². The van der Waals surface area contributed by atoms with Crippen LogP contribution in [0.3, 0.4) is 0 Å². The lowest BCUT2D eigenvalue weighted by Crippen LogP contribution is -2.10. The van der Waals surface area contributed by atoms with E-state index in [4.69, 9.17) is 20.6 Å². The summed E-state index contributed by atoms with van der Waals surface area (Å²) in [5.41, 5.74) is 10.8. The Morgan fingerprint density at radius 1 is 0.619 bits per heavy atom. The fourth-order valence-corrected chi connectivity index (χ4v) is 2.33. The van der Waals surface area contributed by atoms with Crippen molar-refractivity contribution < 1.29 is 29.6 Å². The topological polar surface area (TPSA) is 170 Å². The van der Waals surface area contributed by atoms with Crippen molar-refractivity contribution in [3.63, 3.8) is 0 Å². The smallest absolute Gasteiger partial charge is 0.330 e. The SMILES string of the molecule is NCCCCCCCCCCN.O=S(=O)(O)OS(=O)(=O)O. The number of hydrogen-bond donors (Lipinski definition) is 4. The van der Waals surface area contributed by atoms with E-state index in [1.165, 1.54) is 51.4 Å². The molecule has 0 fully saturated rings.